The Morgan fingerprint density at radius 3 is 2.06 bits per heavy atom. The molecule has 12 nitrogen and oxygen atoms in total. The Kier molecular flexibility index (Phi) is 12.0. The molecule has 12 heteroatoms. The number of carbonyl (C=O) groups is 5. The smallest absolute Gasteiger partial charge is 0.408 e. The number of hydrogen-bond donors (Lipinski definition) is 4. The predicted molar refractivity (Wildman–Crippen MR) is 175 cm³/mol. The van der Waals surface area contributed by atoms with Crippen LogP contribution in [0.25, 0.3) is 0 Å². The SMILES string of the molecule is Cc1cccc(C(C(=O)NC(Cc2ccccc2)C(=O)OC(C)(C)C)N(C(=O)C(CCC(N)=O)NC(=O)OC(C)(C)C)C2CC2)c1O. The minimum absolute atomic E-state index is 0.104. The number of nitrogens with zero attached hydrogens (tertiary/aromatic N) is 1. The van der Waals surface area contributed by atoms with E-state index in [1.165, 1.54) is 11.0 Å². The first-order chi connectivity index (χ1) is 21.9. The van der Waals surface area contributed by atoms with Gasteiger partial charge in [-0.3, -0.25) is 14.4 Å². The maximum absolute atomic E-state index is 14.4. The number of phenols is 1. The highest BCUT2D eigenvalue weighted by Gasteiger charge is 2.46. The molecule has 0 radical (unpaired) electrons. The van der Waals surface area contributed by atoms with Crippen LogP contribution >= 0.6 is 0 Å². The van der Waals surface area contributed by atoms with Crippen molar-refractivity contribution in [2.24, 2.45) is 5.73 Å². The Balaban J connectivity index is 2.08. The van der Waals surface area contributed by atoms with E-state index in [1.807, 2.05) is 30.3 Å². The van der Waals surface area contributed by atoms with Crippen LogP contribution in [-0.2, 0) is 35.1 Å². The molecule has 5 N–H and O–H groups in total. The minimum Gasteiger partial charge on any atom is -0.507 e. The number of rotatable bonds is 13. The van der Waals surface area contributed by atoms with E-state index >= 15 is 0 Å². The summed E-state index contributed by atoms with van der Waals surface area (Å²) in [5.74, 6) is -2.95. The van der Waals surface area contributed by atoms with E-state index in [0.29, 0.717) is 18.4 Å². The van der Waals surface area contributed by atoms with Crippen molar-refractivity contribution in [2.75, 3.05) is 0 Å². The Bertz CT molecular complexity index is 1440. The zero-order chi connectivity index (χ0) is 35.1. The van der Waals surface area contributed by atoms with Crippen molar-refractivity contribution in [3.8, 4) is 5.75 Å². The van der Waals surface area contributed by atoms with Crippen LogP contribution < -0.4 is 16.4 Å². The van der Waals surface area contributed by atoms with Gasteiger partial charge in [0, 0.05) is 24.4 Å². The monoisotopic (exact) mass is 652 g/mol. The molecule has 0 bridgehead atoms. The summed E-state index contributed by atoms with van der Waals surface area (Å²) in [6.45, 7) is 11.8. The number of aromatic hydroxyl groups is 1. The quantitative estimate of drug-likeness (QED) is 0.235. The van der Waals surface area contributed by atoms with Crippen molar-refractivity contribution in [2.45, 2.75) is 116 Å². The molecule has 1 fully saturated rings. The van der Waals surface area contributed by atoms with Crippen molar-refractivity contribution in [3.05, 3.63) is 65.2 Å². The van der Waals surface area contributed by atoms with Gasteiger partial charge in [0.25, 0.3) is 0 Å². The topological polar surface area (TPSA) is 177 Å². The second kappa shape index (κ2) is 15.3. The first kappa shape index (κ1) is 36.9. The van der Waals surface area contributed by atoms with Gasteiger partial charge in [0.05, 0.1) is 0 Å². The molecule has 2 aromatic rings. The molecule has 1 aliphatic carbocycles. The van der Waals surface area contributed by atoms with Gasteiger partial charge < -0.3 is 35.8 Å². The summed E-state index contributed by atoms with van der Waals surface area (Å²) in [6.07, 6.45) is -0.0581. The number of ether oxygens (including phenoxy) is 2. The number of nitrogens with two attached hydrogens (primary N) is 1. The fourth-order valence-corrected chi connectivity index (χ4v) is 5.03. The second-order valence-corrected chi connectivity index (χ2v) is 13.9. The lowest BCUT2D eigenvalue weighted by atomic mass is 9.97. The summed E-state index contributed by atoms with van der Waals surface area (Å²) in [4.78, 5) is 68.2. The number of benzene rings is 2. The van der Waals surface area contributed by atoms with E-state index in [0.717, 1.165) is 5.56 Å². The van der Waals surface area contributed by atoms with Crippen LogP contribution in [0.5, 0.6) is 5.75 Å². The Hall–Kier alpha value is -4.61. The number of alkyl carbamates (subject to hydrolysis) is 1. The number of para-hydroxylation sites is 1. The molecular formula is C35H48N4O8. The number of hydrogen-bond acceptors (Lipinski definition) is 8. The number of aryl methyl sites for hydroxylation is 1. The number of amides is 4. The van der Waals surface area contributed by atoms with Gasteiger partial charge in [0.2, 0.25) is 17.7 Å². The molecule has 0 aromatic heterocycles. The van der Waals surface area contributed by atoms with E-state index in [1.54, 1.807) is 60.6 Å². The van der Waals surface area contributed by atoms with Crippen LogP contribution in [-0.4, -0.2) is 69.1 Å². The third-order valence-electron chi connectivity index (χ3n) is 7.24. The second-order valence-electron chi connectivity index (χ2n) is 13.9. The van der Waals surface area contributed by atoms with Gasteiger partial charge in [-0.25, -0.2) is 9.59 Å². The zero-order valence-corrected chi connectivity index (χ0v) is 28.3. The predicted octanol–water partition coefficient (Wildman–Crippen LogP) is 3.96. The summed E-state index contributed by atoms with van der Waals surface area (Å²) in [7, 11) is 0. The van der Waals surface area contributed by atoms with E-state index in [-0.39, 0.29) is 30.6 Å². The molecule has 3 rings (SSSR count). The van der Waals surface area contributed by atoms with E-state index < -0.39 is 65.2 Å². The van der Waals surface area contributed by atoms with Crippen molar-refractivity contribution in [1.82, 2.24) is 15.5 Å². The lowest BCUT2D eigenvalue weighted by molar-refractivity contribution is -0.159. The summed E-state index contributed by atoms with van der Waals surface area (Å²) >= 11 is 0. The lowest BCUT2D eigenvalue weighted by Crippen LogP contribution is -2.55. The van der Waals surface area contributed by atoms with Crippen LogP contribution in [0.4, 0.5) is 4.79 Å². The first-order valence-electron chi connectivity index (χ1n) is 15.8. The van der Waals surface area contributed by atoms with E-state index in [2.05, 4.69) is 10.6 Å². The van der Waals surface area contributed by atoms with E-state index in [9.17, 15) is 29.1 Å². The van der Waals surface area contributed by atoms with Crippen LogP contribution in [0.15, 0.2) is 48.5 Å². The van der Waals surface area contributed by atoms with Crippen molar-refractivity contribution >= 4 is 29.8 Å². The summed E-state index contributed by atoms with van der Waals surface area (Å²) in [6, 6.07) is 9.69. The number of esters is 1. The molecule has 0 aliphatic heterocycles. The maximum atomic E-state index is 14.4. The van der Waals surface area contributed by atoms with E-state index in [4.69, 9.17) is 15.2 Å². The number of primary amides is 1. The van der Waals surface area contributed by atoms with Crippen molar-refractivity contribution < 1.29 is 38.6 Å². The van der Waals surface area contributed by atoms with Gasteiger partial charge in [-0.1, -0.05) is 48.5 Å². The Morgan fingerprint density at radius 1 is 0.894 bits per heavy atom. The molecule has 256 valence electrons. The van der Waals surface area contributed by atoms with Crippen LogP contribution in [0, 0.1) is 6.92 Å². The number of carbonyl (C=O) groups excluding carboxylic acids is 5. The molecule has 1 aliphatic rings. The van der Waals surface area contributed by atoms with Gasteiger partial charge in [0.1, 0.15) is 35.1 Å². The molecular weight excluding hydrogens is 604 g/mol. The third kappa shape index (κ3) is 11.3. The highest BCUT2D eigenvalue weighted by atomic mass is 16.6. The van der Waals surface area contributed by atoms with Crippen LogP contribution in [0.2, 0.25) is 0 Å². The molecule has 0 spiro atoms. The molecule has 47 heavy (non-hydrogen) atoms. The van der Waals surface area contributed by atoms with Crippen LogP contribution in [0.3, 0.4) is 0 Å². The standard InChI is InChI=1S/C35H48N4O8/c1-21-12-11-15-24(29(21)41)28(30(42)37-26(32(44)46-34(2,3)4)20-22-13-9-8-10-14-22)39(23-16-17-23)31(43)25(18-19-27(36)40)38-33(45)47-35(5,6)7/h8-15,23,25-26,28,41H,16-20H2,1-7H3,(H2,36,40)(H,37,42)(H,38,45). The average Bonchev–Trinajstić information content (AvgIpc) is 3.79. The zero-order valence-electron chi connectivity index (χ0n) is 28.3. The van der Waals surface area contributed by atoms with Gasteiger partial charge in [-0.15, -0.1) is 0 Å². The van der Waals surface area contributed by atoms with Crippen molar-refractivity contribution in [1.29, 1.82) is 0 Å². The van der Waals surface area contributed by atoms with Crippen molar-refractivity contribution in [3.63, 3.8) is 0 Å². The molecule has 4 amide bonds. The summed E-state index contributed by atoms with van der Waals surface area (Å²) < 4.78 is 11.0. The van der Waals surface area contributed by atoms with Gasteiger partial charge in [-0.05, 0) is 78.9 Å². The van der Waals surface area contributed by atoms with Crippen LogP contribution in [0.1, 0.15) is 90.0 Å². The minimum atomic E-state index is -1.41. The average molecular weight is 653 g/mol. The molecule has 3 unspecified atom stereocenters. The van der Waals surface area contributed by atoms with Gasteiger partial charge in [-0.2, -0.15) is 0 Å². The fourth-order valence-electron chi connectivity index (χ4n) is 5.03. The number of phenolic OH excluding ortho intramolecular Hbond substituents is 1. The molecule has 1 saturated carbocycles. The fraction of sp³-hybridized carbons (Fsp3) is 0.514. The molecule has 3 atom stereocenters. The third-order valence-corrected chi connectivity index (χ3v) is 7.24. The Labute approximate surface area is 276 Å². The maximum Gasteiger partial charge on any atom is 0.408 e. The molecule has 0 saturated heterocycles. The summed E-state index contributed by atoms with van der Waals surface area (Å²) in [5, 5.41) is 16.6. The highest BCUT2D eigenvalue weighted by Crippen LogP contribution is 2.39. The van der Waals surface area contributed by atoms with Gasteiger partial charge >= 0.3 is 12.1 Å². The first-order valence-corrected chi connectivity index (χ1v) is 15.8. The normalized spacial score (nSPS) is 15.0. The largest absolute Gasteiger partial charge is 0.507 e. The summed E-state index contributed by atoms with van der Waals surface area (Å²) in [5.41, 5.74) is 5.05. The Morgan fingerprint density at radius 2 is 1.51 bits per heavy atom. The lowest BCUT2D eigenvalue weighted by Gasteiger charge is -2.36. The molecule has 2 aromatic carbocycles. The number of nitrogens with one attached hydrogen (secondary N) is 2. The van der Waals surface area contributed by atoms with Gasteiger partial charge in [0.15, 0.2) is 0 Å². The molecule has 0 heterocycles. The highest BCUT2D eigenvalue weighted by molar-refractivity contribution is 5.95.